The minimum absolute atomic E-state index is 0. The van der Waals surface area contributed by atoms with Crippen molar-refractivity contribution >= 4 is 29.3 Å². The van der Waals surface area contributed by atoms with Crippen LogP contribution in [0.3, 0.4) is 0 Å². The molecule has 0 aliphatic heterocycles. The molecule has 0 saturated heterocycles. The Bertz CT molecular complexity index is 662. The quantitative estimate of drug-likeness (QED) is 0.678. The van der Waals surface area contributed by atoms with Gasteiger partial charge in [0.25, 0.3) is 0 Å². The molecule has 1 aromatic heterocycles. The standard InChI is InChI=1S/C14H14O5.ClH/c1-2-3-7-18-11-6-4-5-9-8-10(13(15)16)14(17)19-12(9)11;/h4-6,8H,2-3,7H2,1H3,(H,15,16);1H. The molecule has 0 unspecified atom stereocenters. The number of rotatable bonds is 5. The second-order valence-electron chi connectivity index (χ2n) is 4.13. The zero-order chi connectivity index (χ0) is 13.8. The average molecular weight is 299 g/mol. The smallest absolute Gasteiger partial charge is 0.351 e. The van der Waals surface area contributed by atoms with E-state index in [1.165, 1.54) is 6.07 Å². The number of halogens is 1. The molecule has 0 saturated carbocycles. The van der Waals surface area contributed by atoms with Gasteiger partial charge in [-0.1, -0.05) is 25.5 Å². The molecule has 6 heteroatoms. The third kappa shape index (κ3) is 3.30. The van der Waals surface area contributed by atoms with Crippen LogP contribution in [-0.2, 0) is 0 Å². The van der Waals surface area contributed by atoms with Gasteiger partial charge in [0, 0.05) is 5.39 Å². The van der Waals surface area contributed by atoms with Crippen LogP contribution in [0.15, 0.2) is 33.5 Å². The normalized spacial score (nSPS) is 10.1. The summed E-state index contributed by atoms with van der Waals surface area (Å²) in [7, 11) is 0. The maximum Gasteiger partial charge on any atom is 0.351 e. The van der Waals surface area contributed by atoms with E-state index >= 15 is 0 Å². The fourth-order valence-electron chi connectivity index (χ4n) is 1.71. The second-order valence-corrected chi connectivity index (χ2v) is 4.13. The van der Waals surface area contributed by atoms with E-state index in [-0.39, 0.29) is 23.6 Å². The topological polar surface area (TPSA) is 76.7 Å². The van der Waals surface area contributed by atoms with Crippen LogP contribution < -0.4 is 10.4 Å². The minimum atomic E-state index is -1.30. The highest BCUT2D eigenvalue weighted by Crippen LogP contribution is 2.25. The van der Waals surface area contributed by atoms with Gasteiger partial charge >= 0.3 is 11.6 Å². The van der Waals surface area contributed by atoms with Crippen LogP contribution >= 0.6 is 12.4 Å². The van der Waals surface area contributed by atoms with Crippen molar-refractivity contribution in [1.82, 2.24) is 0 Å². The second kappa shape index (κ2) is 6.96. The fourth-order valence-corrected chi connectivity index (χ4v) is 1.71. The summed E-state index contributed by atoms with van der Waals surface area (Å²) in [6, 6.07) is 6.41. The van der Waals surface area contributed by atoms with Crippen LogP contribution in [0.4, 0.5) is 0 Å². The van der Waals surface area contributed by atoms with Crippen molar-refractivity contribution in [2.75, 3.05) is 6.61 Å². The minimum Gasteiger partial charge on any atom is -0.490 e. The average Bonchev–Trinajstić information content (AvgIpc) is 2.38. The van der Waals surface area contributed by atoms with Crippen molar-refractivity contribution in [1.29, 1.82) is 0 Å². The molecule has 0 atom stereocenters. The van der Waals surface area contributed by atoms with Gasteiger partial charge in [-0.25, -0.2) is 9.59 Å². The summed E-state index contributed by atoms with van der Waals surface area (Å²) >= 11 is 0. The molecule has 20 heavy (non-hydrogen) atoms. The molecule has 0 spiro atoms. The molecule has 1 heterocycles. The lowest BCUT2D eigenvalue weighted by molar-refractivity contribution is 0.0692. The Hall–Kier alpha value is -2.01. The van der Waals surface area contributed by atoms with Crippen molar-refractivity contribution < 1.29 is 19.1 Å². The number of ether oxygens (including phenoxy) is 1. The number of benzene rings is 1. The van der Waals surface area contributed by atoms with Gasteiger partial charge in [0.05, 0.1) is 6.61 Å². The first kappa shape index (κ1) is 16.0. The summed E-state index contributed by atoms with van der Waals surface area (Å²) in [6.07, 6.45) is 1.89. The molecule has 0 aliphatic rings. The zero-order valence-electron chi connectivity index (χ0n) is 10.9. The third-order valence-corrected chi connectivity index (χ3v) is 2.71. The van der Waals surface area contributed by atoms with E-state index in [9.17, 15) is 9.59 Å². The summed E-state index contributed by atoms with van der Waals surface area (Å²) < 4.78 is 10.6. The van der Waals surface area contributed by atoms with Crippen molar-refractivity contribution in [3.63, 3.8) is 0 Å². The molecule has 1 aromatic carbocycles. The number of aromatic carboxylic acids is 1. The number of fused-ring (bicyclic) bond motifs is 1. The summed E-state index contributed by atoms with van der Waals surface area (Å²) in [5.74, 6) is -0.840. The zero-order valence-corrected chi connectivity index (χ0v) is 11.7. The fraction of sp³-hybridized carbons (Fsp3) is 0.286. The van der Waals surface area contributed by atoms with Crippen LogP contribution in [0.2, 0.25) is 0 Å². The van der Waals surface area contributed by atoms with Gasteiger partial charge in [0.2, 0.25) is 0 Å². The van der Waals surface area contributed by atoms with E-state index in [2.05, 4.69) is 0 Å². The summed E-state index contributed by atoms with van der Waals surface area (Å²) in [5.41, 5.74) is -0.960. The van der Waals surface area contributed by atoms with Crippen molar-refractivity contribution in [2.24, 2.45) is 0 Å². The highest BCUT2D eigenvalue weighted by molar-refractivity contribution is 5.92. The maximum atomic E-state index is 11.6. The number of carboxylic acids is 1. The van der Waals surface area contributed by atoms with E-state index in [1.54, 1.807) is 18.2 Å². The molecule has 0 radical (unpaired) electrons. The Balaban J connectivity index is 0.00000200. The molecule has 0 fully saturated rings. The van der Waals surface area contributed by atoms with E-state index in [1.807, 2.05) is 6.92 Å². The van der Waals surface area contributed by atoms with Gasteiger partial charge in [0.1, 0.15) is 5.56 Å². The molecule has 5 nitrogen and oxygen atoms in total. The number of carboxylic acid groups (broad SMARTS) is 1. The maximum absolute atomic E-state index is 11.6. The van der Waals surface area contributed by atoms with E-state index in [0.29, 0.717) is 17.7 Å². The van der Waals surface area contributed by atoms with Crippen LogP contribution in [0.5, 0.6) is 5.75 Å². The number of unbranched alkanes of at least 4 members (excludes halogenated alkanes) is 1. The Morgan fingerprint density at radius 1 is 1.40 bits per heavy atom. The van der Waals surface area contributed by atoms with Crippen molar-refractivity contribution in [3.8, 4) is 5.75 Å². The van der Waals surface area contributed by atoms with Gasteiger partial charge in [-0.3, -0.25) is 0 Å². The predicted molar refractivity (Wildman–Crippen MR) is 77.1 cm³/mol. The molecular weight excluding hydrogens is 284 g/mol. The molecule has 2 rings (SSSR count). The third-order valence-electron chi connectivity index (χ3n) is 2.71. The van der Waals surface area contributed by atoms with Gasteiger partial charge in [-0.2, -0.15) is 0 Å². The Kier molecular flexibility index (Phi) is 5.58. The molecule has 108 valence electrons. The van der Waals surface area contributed by atoms with Crippen molar-refractivity contribution in [3.05, 3.63) is 40.2 Å². The van der Waals surface area contributed by atoms with E-state index in [4.69, 9.17) is 14.3 Å². The highest BCUT2D eigenvalue weighted by Gasteiger charge is 2.14. The first-order valence-corrected chi connectivity index (χ1v) is 6.06. The molecule has 2 aromatic rings. The monoisotopic (exact) mass is 298 g/mol. The van der Waals surface area contributed by atoms with Crippen LogP contribution in [0, 0.1) is 0 Å². The van der Waals surface area contributed by atoms with Crippen molar-refractivity contribution in [2.45, 2.75) is 19.8 Å². The summed E-state index contributed by atoms with van der Waals surface area (Å²) in [5, 5.41) is 9.41. The van der Waals surface area contributed by atoms with Gasteiger partial charge in [-0.15, -0.1) is 12.4 Å². The number of para-hydroxylation sites is 1. The SMILES string of the molecule is CCCCOc1cccc2cc(C(=O)O)c(=O)oc12.Cl. The number of hydrogen-bond acceptors (Lipinski definition) is 4. The molecule has 0 bridgehead atoms. The largest absolute Gasteiger partial charge is 0.490 e. The van der Waals surface area contributed by atoms with E-state index < -0.39 is 11.6 Å². The summed E-state index contributed by atoms with van der Waals surface area (Å²) in [4.78, 5) is 22.4. The first-order valence-electron chi connectivity index (χ1n) is 6.06. The van der Waals surface area contributed by atoms with Crippen LogP contribution in [0.25, 0.3) is 11.0 Å². The summed E-state index contributed by atoms with van der Waals surface area (Å²) in [6.45, 7) is 2.58. The first-order chi connectivity index (χ1) is 9.13. The predicted octanol–water partition coefficient (Wildman–Crippen LogP) is 3.09. The highest BCUT2D eigenvalue weighted by atomic mass is 35.5. The lowest BCUT2D eigenvalue weighted by Gasteiger charge is -2.07. The number of hydrogen-bond donors (Lipinski definition) is 1. The van der Waals surface area contributed by atoms with Crippen LogP contribution in [0.1, 0.15) is 30.1 Å². The molecule has 0 amide bonds. The Morgan fingerprint density at radius 2 is 2.15 bits per heavy atom. The van der Waals surface area contributed by atoms with Gasteiger partial charge in [0.15, 0.2) is 11.3 Å². The Morgan fingerprint density at radius 3 is 2.80 bits per heavy atom. The molecule has 0 aliphatic carbocycles. The lowest BCUT2D eigenvalue weighted by Crippen LogP contribution is -2.13. The lowest BCUT2D eigenvalue weighted by atomic mass is 10.2. The molecular formula is C14H15ClO5. The number of carbonyl (C=O) groups is 1. The van der Waals surface area contributed by atoms with Gasteiger partial charge < -0.3 is 14.3 Å². The Labute approximate surface area is 121 Å². The van der Waals surface area contributed by atoms with Gasteiger partial charge in [-0.05, 0) is 18.6 Å². The molecule has 1 N–H and O–H groups in total. The van der Waals surface area contributed by atoms with Crippen LogP contribution in [-0.4, -0.2) is 17.7 Å². The van der Waals surface area contributed by atoms with E-state index in [0.717, 1.165) is 12.8 Å².